The van der Waals surface area contributed by atoms with Crippen LogP contribution in [0.1, 0.15) is 19.3 Å². The molecule has 2 rings (SSSR count). The van der Waals surface area contributed by atoms with Gasteiger partial charge in [0.25, 0.3) is 0 Å². The van der Waals surface area contributed by atoms with Gasteiger partial charge in [-0.2, -0.15) is 4.31 Å². The lowest BCUT2D eigenvalue weighted by molar-refractivity contribution is -0.116. The van der Waals surface area contributed by atoms with Crippen molar-refractivity contribution in [2.75, 3.05) is 31.3 Å². The van der Waals surface area contributed by atoms with Crippen LogP contribution in [-0.4, -0.2) is 50.7 Å². The molecule has 1 heterocycles. The summed E-state index contributed by atoms with van der Waals surface area (Å²) in [6, 6.07) is 3.84. The number of hydrogen-bond donors (Lipinski definition) is 1. The highest BCUT2D eigenvalue weighted by molar-refractivity contribution is 7.88. The van der Waals surface area contributed by atoms with E-state index in [1.54, 1.807) is 0 Å². The SMILES string of the molecule is CS(=O)(=O)N(CCC(=O)Nc1ccc(F)c(Cl)c1)CC1CCCO1. The van der Waals surface area contributed by atoms with Crippen molar-refractivity contribution in [3.05, 3.63) is 29.0 Å². The van der Waals surface area contributed by atoms with Crippen LogP contribution in [0.4, 0.5) is 10.1 Å². The topological polar surface area (TPSA) is 75.7 Å². The molecule has 134 valence electrons. The molecule has 1 aliphatic heterocycles. The van der Waals surface area contributed by atoms with Gasteiger partial charge < -0.3 is 10.1 Å². The van der Waals surface area contributed by atoms with E-state index in [2.05, 4.69) is 5.32 Å². The number of carbonyl (C=O) groups is 1. The van der Waals surface area contributed by atoms with Gasteiger partial charge in [0.15, 0.2) is 0 Å². The summed E-state index contributed by atoms with van der Waals surface area (Å²) in [7, 11) is -3.43. The Bertz CT molecular complexity index is 693. The van der Waals surface area contributed by atoms with Crippen molar-refractivity contribution >= 4 is 33.2 Å². The summed E-state index contributed by atoms with van der Waals surface area (Å²) in [4.78, 5) is 12.0. The predicted molar refractivity (Wildman–Crippen MR) is 90.0 cm³/mol. The number of nitrogens with zero attached hydrogens (tertiary/aromatic N) is 1. The van der Waals surface area contributed by atoms with Crippen molar-refractivity contribution in [1.82, 2.24) is 4.31 Å². The van der Waals surface area contributed by atoms with Crippen molar-refractivity contribution < 1.29 is 22.3 Å². The van der Waals surface area contributed by atoms with E-state index < -0.39 is 15.8 Å². The van der Waals surface area contributed by atoms with Crippen LogP contribution in [0.3, 0.4) is 0 Å². The number of rotatable bonds is 7. The van der Waals surface area contributed by atoms with Crippen LogP contribution in [0.2, 0.25) is 5.02 Å². The number of amides is 1. The lowest BCUT2D eigenvalue weighted by atomic mass is 10.2. The van der Waals surface area contributed by atoms with Crippen LogP contribution in [0, 0.1) is 5.82 Å². The molecule has 9 heteroatoms. The van der Waals surface area contributed by atoms with Gasteiger partial charge in [-0.25, -0.2) is 12.8 Å². The number of carbonyl (C=O) groups excluding carboxylic acids is 1. The highest BCUT2D eigenvalue weighted by Crippen LogP contribution is 2.19. The second-order valence-electron chi connectivity index (χ2n) is 5.68. The summed E-state index contributed by atoms with van der Waals surface area (Å²) in [6.07, 6.45) is 2.69. The number of sulfonamides is 1. The smallest absolute Gasteiger partial charge is 0.225 e. The van der Waals surface area contributed by atoms with Gasteiger partial charge in [0.05, 0.1) is 17.4 Å². The van der Waals surface area contributed by atoms with Gasteiger partial charge in [0.2, 0.25) is 15.9 Å². The third kappa shape index (κ3) is 5.70. The van der Waals surface area contributed by atoms with E-state index in [9.17, 15) is 17.6 Å². The molecular weight excluding hydrogens is 359 g/mol. The molecule has 1 N–H and O–H groups in total. The number of benzene rings is 1. The molecule has 0 saturated carbocycles. The zero-order valence-electron chi connectivity index (χ0n) is 13.3. The lowest BCUT2D eigenvalue weighted by Gasteiger charge is -2.22. The first-order valence-corrected chi connectivity index (χ1v) is 9.80. The fourth-order valence-electron chi connectivity index (χ4n) is 2.43. The molecule has 1 saturated heterocycles. The van der Waals surface area contributed by atoms with E-state index in [-0.39, 0.29) is 36.5 Å². The second-order valence-corrected chi connectivity index (χ2v) is 8.07. The van der Waals surface area contributed by atoms with Gasteiger partial charge in [-0.3, -0.25) is 4.79 Å². The molecule has 0 spiro atoms. The highest BCUT2D eigenvalue weighted by Gasteiger charge is 2.25. The summed E-state index contributed by atoms with van der Waals surface area (Å²) in [6.45, 7) is 0.933. The first-order valence-electron chi connectivity index (χ1n) is 7.57. The summed E-state index contributed by atoms with van der Waals surface area (Å²) in [5.74, 6) is -0.951. The Morgan fingerprint density at radius 1 is 1.50 bits per heavy atom. The quantitative estimate of drug-likeness (QED) is 0.789. The van der Waals surface area contributed by atoms with Crippen LogP contribution in [0.25, 0.3) is 0 Å². The zero-order valence-corrected chi connectivity index (χ0v) is 14.9. The van der Waals surface area contributed by atoms with Crippen LogP contribution < -0.4 is 5.32 Å². The number of anilines is 1. The molecule has 1 unspecified atom stereocenters. The van der Waals surface area contributed by atoms with Crippen molar-refractivity contribution in [2.45, 2.75) is 25.4 Å². The molecule has 1 fully saturated rings. The van der Waals surface area contributed by atoms with Crippen LogP contribution >= 0.6 is 11.6 Å². The first-order chi connectivity index (χ1) is 11.3. The monoisotopic (exact) mass is 378 g/mol. The van der Waals surface area contributed by atoms with Gasteiger partial charge in [-0.05, 0) is 31.0 Å². The number of halogens is 2. The summed E-state index contributed by atoms with van der Waals surface area (Å²) in [5, 5.41) is 2.47. The second kappa shape index (κ2) is 8.24. The van der Waals surface area contributed by atoms with E-state index >= 15 is 0 Å². The van der Waals surface area contributed by atoms with Gasteiger partial charge in [-0.15, -0.1) is 0 Å². The Morgan fingerprint density at radius 2 is 2.25 bits per heavy atom. The largest absolute Gasteiger partial charge is 0.377 e. The Morgan fingerprint density at radius 3 is 2.83 bits per heavy atom. The van der Waals surface area contributed by atoms with Gasteiger partial charge in [0.1, 0.15) is 5.82 Å². The zero-order chi connectivity index (χ0) is 17.7. The van der Waals surface area contributed by atoms with Gasteiger partial charge >= 0.3 is 0 Å². The molecule has 0 aromatic heterocycles. The van der Waals surface area contributed by atoms with E-state index in [4.69, 9.17) is 16.3 Å². The third-order valence-electron chi connectivity index (χ3n) is 3.69. The third-order valence-corrected chi connectivity index (χ3v) is 5.25. The van der Waals surface area contributed by atoms with Crippen molar-refractivity contribution in [3.63, 3.8) is 0 Å². The molecule has 1 aromatic rings. The number of ether oxygens (including phenoxy) is 1. The normalized spacial score (nSPS) is 18.1. The maximum Gasteiger partial charge on any atom is 0.225 e. The van der Waals surface area contributed by atoms with Crippen LogP contribution in [-0.2, 0) is 19.6 Å². The molecule has 24 heavy (non-hydrogen) atoms. The Hall–Kier alpha value is -1.22. The Labute approximate surface area is 146 Å². The molecule has 1 aliphatic rings. The fraction of sp³-hybridized carbons (Fsp3) is 0.533. The number of hydrogen-bond acceptors (Lipinski definition) is 4. The predicted octanol–water partition coefficient (Wildman–Crippen LogP) is 2.25. The highest BCUT2D eigenvalue weighted by atomic mass is 35.5. The minimum absolute atomic E-state index is 0.0191. The molecular formula is C15H20ClFN2O4S. The Kier molecular flexibility index (Phi) is 6.56. The minimum atomic E-state index is -3.43. The molecule has 1 amide bonds. The van der Waals surface area contributed by atoms with E-state index in [0.717, 1.165) is 25.2 Å². The van der Waals surface area contributed by atoms with E-state index in [1.807, 2.05) is 0 Å². The van der Waals surface area contributed by atoms with Crippen molar-refractivity contribution in [1.29, 1.82) is 0 Å². The van der Waals surface area contributed by atoms with Crippen LogP contribution in [0.15, 0.2) is 18.2 Å². The van der Waals surface area contributed by atoms with Gasteiger partial charge in [-0.1, -0.05) is 11.6 Å². The molecule has 1 atom stereocenters. The molecule has 6 nitrogen and oxygen atoms in total. The number of nitrogens with one attached hydrogen (secondary N) is 1. The molecule has 0 bridgehead atoms. The summed E-state index contributed by atoms with van der Waals surface area (Å²) < 4.78 is 43.5. The summed E-state index contributed by atoms with van der Waals surface area (Å²) >= 11 is 5.65. The van der Waals surface area contributed by atoms with Gasteiger partial charge in [0, 0.05) is 31.8 Å². The molecule has 1 aromatic carbocycles. The fourth-order valence-corrected chi connectivity index (χ4v) is 3.47. The maximum atomic E-state index is 13.1. The summed E-state index contributed by atoms with van der Waals surface area (Å²) in [5.41, 5.74) is 0.358. The van der Waals surface area contributed by atoms with E-state index in [0.29, 0.717) is 12.3 Å². The first kappa shape index (κ1) is 19.1. The molecule has 0 radical (unpaired) electrons. The van der Waals surface area contributed by atoms with Crippen molar-refractivity contribution in [3.8, 4) is 0 Å². The standard InChI is InChI=1S/C15H20ClFN2O4S/c1-24(21,22)19(10-12-3-2-8-23-12)7-6-15(20)18-11-4-5-14(17)13(16)9-11/h4-5,9,12H,2-3,6-8,10H2,1H3,(H,18,20). The van der Waals surface area contributed by atoms with Crippen molar-refractivity contribution in [2.24, 2.45) is 0 Å². The molecule has 0 aliphatic carbocycles. The average molecular weight is 379 g/mol. The Balaban J connectivity index is 1.90. The lowest BCUT2D eigenvalue weighted by Crippen LogP contribution is -2.38. The van der Waals surface area contributed by atoms with E-state index in [1.165, 1.54) is 16.4 Å². The van der Waals surface area contributed by atoms with Crippen LogP contribution in [0.5, 0.6) is 0 Å². The average Bonchev–Trinajstić information content (AvgIpc) is 2.99. The minimum Gasteiger partial charge on any atom is -0.377 e. The maximum absolute atomic E-state index is 13.1.